The lowest BCUT2D eigenvalue weighted by atomic mass is 9.89. The van der Waals surface area contributed by atoms with Crippen molar-refractivity contribution in [3.8, 4) is 22.6 Å². The second-order valence-electron chi connectivity index (χ2n) is 14.8. The Bertz CT molecular complexity index is 3120. The Kier molecular flexibility index (Phi) is 9.06. The topological polar surface area (TPSA) is 68.9 Å². The molecule has 0 radical (unpaired) electrons. The number of benzene rings is 7. The minimum atomic E-state index is -3.74. The Morgan fingerprint density at radius 3 is 2.22 bits per heavy atom. The average molecular weight is 772 g/mol. The van der Waals surface area contributed by atoms with Crippen molar-refractivity contribution >= 4 is 48.8 Å². The minimum absolute atomic E-state index is 0.0884. The molecule has 0 saturated heterocycles. The summed E-state index contributed by atoms with van der Waals surface area (Å²) < 4.78 is 41.4. The first kappa shape index (κ1) is 35.4. The maximum absolute atomic E-state index is 14.2. The zero-order valence-electron chi connectivity index (χ0n) is 31.5. The van der Waals surface area contributed by atoms with Gasteiger partial charge in [0, 0.05) is 33.4 Å². The number of rotatable bonds is 6. The molecule has 2 aliphatic heterocycles. The Balaban J connectivity index is 1.06. The summed E-state index contributed by atoms with van der Waals surface area (Å²) in [5, 5.41) is 2.08. The molecule has 6 heteroatoms. The molecule has 0 spiro atoms. The fraction of sp³-hybridized carbons (Fsp3) is 0.0769. The van der Waals surface area contributed by atoms with E-state index in [0.717, 1.165) is 72.2 Å². The maximum Gasteiger partial charge on any atom is 0.182 e. The molecule has 0 aliphatic carbocycles. The Hall–Kier alpha value is -6.98. The monoisotopic (exact) mass is 771 g/mol. The molecule has 0 bridgehead atoms. The number of aliphatic imine (C=N–C) groups is 1. The zero-order chi connectivity index (χ0) is 39.1. The molecule has 3 heterocycles. The predicted octanol–water partition coefficient (Wildman–Crippen LogP) is 12.6. The number of ether oxygens (including phenoxy) is 1. The van der Waals surface area contributed by atoms with Gasteiger partial charge in [0.2, 0.25) is 0 Å². The van der Waals surface area contributed by atoms with Crippen LogP contribution in [0.15, 0.2) is 202 Å². The molecule has 8 aromatic rings. The molecule has 0 N–H and O–H groups in total. The second-order valence-corrected chi connectivity index (χ2v) is 16.8. The number of hydrogen-bond donors (Lipinski definition) is 0. The van der Waals surface area contributed by atoms with Crippen LogP contribution >= 0.6 is 0 Å². The first-order valence-corrected chi connectivity index (χ1v) is 21.1. The smallest absolute Gasteiger partial charge is 0.182 e. The molecule has 10 rings (SSSR count). The summed E-state index contributed by atoms with van der Waals surface area (Å²) in [6.45, 7) is 0. The van der Waals surface area contributed by atoms with Gasteiger partial charge in [0.05, 0.1) is 11.5 Å². The molecule has 5 nitrogen and oxygen atoms in total. The lowest BCUT2D eigenvalue weighted by Gasteiger charge is -2.26. The summed E-state index contributed by atoms with van der Waals surface area (Å²) >= 11 is 0. The van der Waals surface area contributed by atoms with Crippen LogP contribution in [-0.2, 0) is 16.3 Å². The fourth-order valence-electron chi connectivity index (χ4n) is 8.18. The average Bonchev–Trinajstić information content (AvgIpc) is 3.63. The van der Waals surface area contributed by atoms with E-state index < -0.39 is 15.8 Å². The molecule has 1 atom stereocenters. The van der Waals surface area contributed by atoms with Crippen LogP contribution in [0.3, 0.4) is 0 Å². The highest BCUT2D eigenvalue weighted by molar-refractivity contribution is 7.91. The van der Waals surface area contributed by atoms with Crippen molar-refractivity contribution in [1.29, 1.82) is 0 Å². The SMILES string of the molecule is O=S1(=O)CC(Cc2cccc(C3=C=CC/C(c4ccccc4)=C\C(c4ccccc4)=N3)c2)c2cc(-c3cccc4c3oc3ccccc34)ccc2Oc2ccccc21. The lowest BCUT2D eigenvalue weighted by Crippen LogP contribution is -2.20. The van der Waals surface area contributed by atoms with Gasteiger partial charge in [0.1, 0.15) is 33.3 Å². The third-order valence-electron chi connectivity index (χ3n) is 11.0. The van der Waals surface area contributed by atoms with E-state index in [1.165, 1.54) is 0 Å². The van der Waals surface area contributed by atoms with Crippen LogP contribution in [0, 0.1) is 0 Å². The van der Waals surface area contributed by atoms with Crippen molar-refractivity contribution < 1.29 is 17.6 Å². The van der Waals surface area contributed by atoms with Gasteiger partial charge in [-0.05, 0) is 89.2 Å². The van der Waals surface area contributed by atoms with Crippen LogP contribution in [0.4, 0.5) is 0 Å². The zero-order valence-corrected chi connectivity index (χ0v) is 32.3. The van der Waals surface area contributed by atoms with Gasteiger partial charge in [-0.1, -0.05) is 139 Å². The first-order valence-electron chi connectivity index (χ1n) is 19.5. The van der Waals surface area contributed by atoms with Crippen molar-refractivity contribution in [2.45, 2.75) is 23.7 Å². The van der Waals surface area contributed by atoms with Crippen molar-refractivity contribution in [3.63, 3.8) is 0 Å². The molecule has 58 heavy (non-hydrogen) atoms. The van der Waals surface area contributed by atoms with Gasteiger partial charge in [-0.2, -0.15) is 0 Å². The Morgan fingerprint density at radius 1 is 0.638 bits per heavy atom. The number of allylic oxidation sites excluding steroid dienone is 3. The van der Waals surface area contributed by atoms with Crippen molar-refractivity contribution in [2.24, 2.45) is 4.99 Å². The minimum Gasteiger partial charge on any atom is -0.456 e. The summed E-state index contributed by atoms with van der Waals surface area (Å²) in [4.78, 5) is 5.43. The highest BCUT2D eigenvalue weighted by Gasteiger charge is 2.31. The third kappa shape index (κ3) is 6.79. The Labute approximate surface area is 337 Å². The van der Waals surface area contributed by atoms with E-state index in [9.17, 15) is 8.42 Å². The second kappa shape index (κ2) is 14.8. The van der Waals surface area contributed by atoms with Crippen LogP contribution in [-0.4, -0.2) is 19.9 Å². The molecule has 0 fully saturated rings. The van der Waals surface area contributed by atoms with Crippen molar-refractivity contribution in [1.82, 2.24) is 0 Å². The predicted molar refractivity (Wildman–Crippen MR) is 234 cm³/mol. The summed E-state index contributed by atoms with van der Waals surface area (Å²) in [5.41, 5.74) is 14.6. The number of sulfone groups is 1. The molecule has 280 valence electrons. The molecule has 2 aliphatic rings. The van der Waals surface area contributed by atoms with Crippen LogP contribution in [0.1, 0.15) is 40.2 Å². The van der Waals surface area contributed by atoms with Crippen molar-refractivity contribution in [2.75, 3.05) is 5.75 Å². The van der Waals surface area contributed by atoms with E-state index in [1.54, 1.807) is 24.3 Å². The number of para-hydroxylation sites is 3. The molecule has 1 aromatic heterocycles. The van der Waals surface area contributed by atoms with Gasteiger partial charge in [-0.15, -0.1) is 0 Å². The highest BCUT2D eigenvalue weighted by Crippen LogP contribution is 2.44. The molecule has 0 amide bonds. The maximum atomic E-state index is 14.2. The quantitative estimate of drug-likeness (QED) is 0.158. The fourth-order valence-corrected chi connectivity index (χ4v) is 9.89. The number of fused-ring (bicyclic) bond motifs is 5. The van der Waals surface area contributed by atoms with Crippen LogP contribution in [0.25, 0.3) is 44.3 Å². The largest absolute Gasteiger partial charge is 0.456 e. The first-order chi connectivity index (χ1) is 28.5. The van der Waals surface area contributed by atoms with E-state index in [2.05, 4.69) is 84.6 Å². The molecule has 7 aromatic carbocycles. The van der Waals surface area contributed by atoms with Crippen LogP contribution in [0.2, 0.25) is 0 Å². The van der Waals surface area contributed by atoms with E-state index in [4.69, 9.17) is 14.1 Å². The van der Waals surface area contributed by atoms with Crippen LogP contribution < -0.4 is 4.74 Å². The Morgan fingerprint density at radius 2 is 1.36 bits per heavy atom. The van der Waals surface area contributed by atoms with Gasteiger partial charge < -0.3 is 9.15 Å². The van der Waals surface area contributed by atoms with E-state index >= 15 is 0 Å². The molecular weight excluding hydrogens is 735 g/mol. The molecular formula is C52H37NO4S. The highest BCUT2D eigenvalue weighted by atomic mass is 32.2. The van der Waals surface area contributed by atoms with Gasteiger partial charge >= 0.3 is 0 Å². The number of furan rings is 1. The lowest BCUT2D eigenvalue weighted by molar-refractivity contribution is 0.452. The van der Waals surface area contributed by atoms with E-state index in [-0.39, 0.29) is 10.6 Å². The van der Waals surface area contributed by atoms with E-state index in [1.807, 2.05) is 78.9 Å². The molecule has 1 unspecified atom stereocenters. The van der Waals surface area contributed by atoms with Crippen LogP contribution in [0.5, 0.6) is 11.5 Å². The summed E-state index contributed by atoms with van der Waals surface area (Å²) in [7, 11) is -3.74. The van der Waals surface area contributed by atoms with Crippen molar-refractivity contribution in [3.05, 3.63) is 216 Å². The van der Waals surface area contributed by atoms with Gasteiger partial charge in [-0.25, -0.2) is 13.4 Å². The number of hydrogen-bond acceptors (Lipinski definition) is 5. The summed E-state index contributed by atoms with van der Waals surface area (Å²) in [6.07, 6.45) is 5.36. The van der Waals surface area contributed by atoms with E-state index in [0.29, 0.717) is 30.0 Å². The molecule has 0 saturated carbocycles. The van der Waals surface area contributed by atoms with Gasteiger partial charge in [0.25, 0.3) is 0 Å². The summed E-state index contributed by atoms with van der Waals surface area (Å²) in [5.74, 6) is 0.443. The normalized spacial score (nSPS) is 17.0. The third-order valence-corrected chi connectivity index (χ3v) is 12.8. The standard InChI is InChI=1S/C52H37NO4S/c54-58(55)34-41(31-35-14-11-20-40(30-35)46-24-12-19-38(36-15-3-1-4-16-36)33-47(53-46)37-17-5-2-6-18-37)45-32-39(28-29-49(45)56-50-26-9-10-27-51(50)58)42-22-13-23-44-43-21-7-8-25-48(43)57-52(42)44/h1-18,20-23,25-30,32-33,41H,19,31,34H2/b38-33+,53-47?. The van der Waals surface area contributed by atoms with Gasteiger partial charge in [0.15, 0.2) is 9.84 Å². The number of nitrogens with zero attached hydrogens (tertiary/aromatic N) is 1. The van der Waals surface area contributed by atoms with Gasteiger partial charge in [-0.3, -0.25) is 0 Å². The summed E-state index contributed by atoms with van der Waals surface area (Å²) in [6, 6.07) is 56.0.